The highest BCUT2D eigenvalue weighted by molar-refractivity contribution is 8.00. The maximum atomic E-state index is 12.6. The lowest BCUT2D eigenvalue weighted by molar-refractivity contribution is -0.121. The summed E-state index contributed by atoms with van der Waals surface area (Å²) in [6.07, 6.45) is 0. The third-order valence-electron chi connectivity index (χ3n) is 4.97. The zero-order valence-electron chi connectivity index (χ0n) is 18.4. The minimum absolute atomic E-state index is 0.0778. The van der Waals surface area contributed by atoms with Crippen molar-refractivity contribution in [2.45, 2.75) is 4.90 Å². The van der Waals surface area contributed by atoms with Crippen LogP contribution in [0.2, 0.25) is 0 Å². The Bertz CT molecular complexity index is 1200. The van der Waals surface area contributed by atoms with E-state index in [1.54, 1.807) is 61.6 Å². The van der Waals surface area contributed by atoms with Crippen LogP contribution < -0.4 is 19.7 Å². The molecule has 3 aromatic carbocycles. The van der Waals surface area contributed by atoms with E-state index in [4.69, 9.17) is 14.2 Å². The summed E-state index contributed by atoms with van der Waals surface area (Å²) in [4.78, 5) is 39.5. The molecule has 0 fully saturated rings. The second-order valence-corrected chi connectivity index (χ2v) is 8.28. The largest absolute Gasteiger partial charge is 0.454 e. The molecule has 0 saturated heterocycles. The molecule has 174 valence electrons. The number of benzene rings is 3. The predicted molar refractivity (Wildman–Crippen MR) is 128 cm³/mol. The number of nitrogens with one attached hydrogen (secondary N) is 1. The van der Waals surface area contributed by atoms with Crippen LogP contribution >= 0.6 is 11.8 Å². The fourth-order valence-electron chi connectivity index (χ4n) is 3.17. The molecule has 2 amide bonds. The summed E-state index contributed by atoms with van der Waals surface area (Å²) in [6.45, 7) is -0.239. The summed E-state index contributed by atoms with van der Waals surface area (Å²) in [7, 11) is 1.62. The van der Waals surface area contributed by atoms with Crippen molar-refractivity contribution < 1.29 is 28.6 Å². The minimum atomic E-state index is -0.630. The quantitative estimate of drug-likeness (QED) is 0.387. The Hall–Kier alpha value is -3.98. The minimum Gasteiger partial charge on any atom is -0.454 e. The van der Waals surface area contributed by atoms with Crippen LogP contribution in [-0.2, 0) is 14.3 Å². The van der Waals surface area contributed by atoms with Crippen molar-refractivity contribution in [1.82, 2.24) is 0 Å². The predicted octanol–water partition coefficient (Wildman–Crippen LogP) is 3.97. The number of thioether (sulfide) groups is 1. The van der Waals surface area contributed by atoms with Crippen LogP contribution in [0, 0.1) is 0 Å². The van der Waals surface area contributed by atoms with E-state index in [9.17, 15) is 14.4 Å². The second kappa shape index (κ2) is 10.8. The highest BCUT2D eigenvalue weighted by Gasteiger charge is 2.18. The molecule has 0 unspecified atom stereocenters. The van der Waals surface area contributed by atoms with Crippen LogP contribution in [0.5, 0.6) is 11.5 Å². The molecule has 0 saturated carbocycles. The van der Waals surface area contributed by atoms with Crippen LogP contribution in [-0.4, -0.2) is 44.0 Å². The van der Waals surface area contributed by atoms with Gasteiger partial charge in [0.2, 0.25) is 12.7 Å². The molecule has 1 heterocycles. The first-order valence-corrected chi connectivity index (χ1v) is 11.4. The Labute approximate surface area is 200 Å². The number of para-hydroxylation sites is 1. The van der Waals surface area contributed by atoms with Gasteiger partial charge in [0.05, 0.1) is 11.3 Å². The van der Waals surface area contributed by atoms with Gasteiger partial charge < -0.3 is 24.4 Å². The van der Waals surface area contributed by atoms with E-state index in [2.05, 4.69) is 5.32 Å². The van der Waals surface area contributed by atoms with E-state index in [0.717, 1.165) is 0 Å². The molecule has 0 spiro atoms. The normalized spacial score (nSPS) is 11.6. The molecule has 34 heavy (non-hydrogen) atoms. The maximum absolute atomic E-state index is 12.6. The van der Waals surface area contributed by atoms with Gasteiger partial charge in [0.1, 0.15) is 0 Å². The Morgan fingerprint density at radius 1 is 0.971 bits per heavy atom. The molecule has 1 aliphatic heterocycles. The first kappa shape index (κ1) is 23.2. The molecule has 0 aromatic heterocycles. The van der Waals surface area contributed by atoms with Gasteiger partial charge in [0.15, 0.2) is 18.1 Å². The molecule has 1 N–H and O–H groups in total. The molecule has 0 radical (unpaired) electrons. The monoisotopic (exact) mass is 478 g/mol. The fourth-order valence-corrected chi connectivity index (χ4v) is 4.01. The number of nitrogens with zero attached hydrogens (tertiary/aromatic N) is 1. The number of anilines is 2. The van der Waals surface area contributed by atoms with Crippen LogP contribution in [0.4, 0.5) is 11.4 Å². The lowest BCUT2D eigenvalue weighted by Gasteiger charge is -2.17. The van der Waals surface area contributed by atoms with Crippen molar-refractivity contribution in [3.05, 3.63) is 78.4 Å². The Balaban J connectivity index is 1.31. The van der Waals surface area contributed by atoms with Crippen LogP contribution in [0.3, 0.4) is 0 Å². The van der Waals surface area contributed by atoms with Gasteiger partial charge in [-0.15, -0.1) is 11.8 Å². The average Bonchev–Trinajstić information content (AvgIpc) is 3.34. The molecule has 4 rings (SSSR count). The number of amides is 2. The highest BCUT2D eigenvalue weighted by Crippen LogP contribution is 2.34. The summed E-state index contributed by atoms with van der Waals surface area (Å²) in [5.41, 5.74) is 1.58. The summed E-state index contributed by atoms with van der Waals surface area (Å²) in [5.74, 6) is 0.0573. The molecule has 0 bridgehead atoms. The van der Waals surface area contributed by atoms with E-state index in [-0.39, 0.29) is 24.4 Å². The molecule has 8 nitrogen and oxygen atoms in total. The van der Waals surface area contributed by atoms with E-state index < -0.39 is 12.6 Å². The van der Waals surface area contributed by atoms with Gasteiger partial charge in [-0.25, -0.2) is 4.79 Å². The number of hydrogen-bond donors (Lipinski definition) is 1. The molecular weight excluding hydrogens is 456 g/mol. The Kier molecular flexibility index (Phi) is 7.34. The van der Waals surface area contributed by atoms with Crippen molar-refractivity contribution in [2.75, 3.05) is 36.4 Å². The van der Waals surface area contributed by atoms with Crippen molar-refractivity contribution >= 4 is 40.9 Å². The van der Waals surface area contributed by atoms with Gasteiger partial charge in [-0.2, -0.15) is 0 Å². The number of rotatable bonds is 8. The molecule has 3 aromatic rings. The van der Waals surface area contributed by atoms with Gasteiger partial charge in [0, 0.05) is 29.4 Å². The summed E-state index contributed by atoms with van der Waals surface area (Å²) in [5, 5.41) is 2.80. The number of carbonyl (C=O) groups is 3. The lowest BCUT2D eigenvalue weighted by atomic mass is 10.2. The summed E-state index contributed by atoms with van der Waals surface area (Å²) >= 11 is 1.20. The standard InChI is InChI=1S/C25H22N2O6S/c1-27(18-7-3-2-4-8-18)24(29)14-31-25(30)19-9-5-6-10-22(19)34-15-23(28)26-17-11-12-20-21(13-17)33-16-32-20/h2-13H,14-16H2,1H3,(H,26,28). The van der Waals surface area contributed by atoms with Crippen molar-refractivity contribution in [2.24, 2.45) is 0 Å². The zero-order chi connectivity index (χ0) is 23.9. The van der Waals surface area contributed by atoms with Crippen molar-refractivity contribution in [3.8, 4) is 11.5 Å². The number of hydrogen-bond acceptors (Lipinski definition) is 7. The van der Waals surface area contributed by atoms with Crippen LogP contribution in [0.15, 0.2) is 77.7 Å². The van der Waals surface area contributed by atoms with Gasteiger partial charge in [-0.3, -0.25) is 9.59 Å². The van der Waals surface area contributed by atoms with Gasteiger partial charge in [0.25, 0.3) is 5.91 Å². The van der Waals surface area contributed by atoms with E-state index >= 15 is 0 Å². The number of carbonyl (C=O) groups excluding carboxylic acids is 3. The number of ether oxygens (including phenoxy) is 3. The maximum Gasteiger partial charge on any atom is 0.339 e. The average molecular weight is 479 g/mol. The third kappa shape index (κ3) is 5.68. The fraction of sp³-hybridized carbons (Fsp3) is 0.160. The first-order valence-electron chi connectivity index (χ1n) is 10.4. The summed E-state index contributed by atoms with van der Waals surface area (Å²) < 4.78 is 15.8. The molecule has 9 heteroatoms. The Morgan fingerprint density at radius 3 is 2.53 bits per heavy atom. The van der Waals surface area contributed by atoms with Crippen LogP contribution in [0.1, 0.15) is 10.4 Å². The smallest absolute Gasteiger partial charge is 0.339 e. The third-order valence-corrected chi connectivity index (χ3v) is 6.04. The van der Waals surface area contributed by atoms with E-state index in [1.165, 1.54) is 16.7 Å². The van der Waals surface area contributed by atoms with E-state index in [1.807, 2.05) is 18.2 Å². The van der Waals surface area contributed by atoms with Crippen LogP contribution in [0.25, 0.3) is 0 Å². The topological polar surface area (TPSA) is 94.2 Å². The van der Waals surface area contributed by atoms with Crippen molar-refractivity contribution in [3.63, 3.8) is 0 Å². The van der Waals surface area contributed by atoms with Crippen molar-refractivity contribution in [1.29, 1.82) is 0 Å². The SMILES string of the molecule is CN(C(=O)COC(=O)c1ccccc1SCC(=O)Nc1ccc2c(c1)OCO2)c1ccccc1. The number of fused-ring (bicyclic) bond motifs is 1. The lowest BCUT2D eigenvalue weighted by Crippen LogP contribution is -2.31. The molecule has 0 aliphatic carbocycles. The summed E-state index contributed by atoms with van der Waals surface area (Å²) in [6, 6.07) is 21.0. The van der Waals surface area contributed by atoms with Gasteiger partial charge >= 0.3 is 5.97 Å². The molecular formula is C25H22N2O6S. The second-order valence-electron chi connectivity index (χ2n) is 7.27. The highest BCUT2D eigenvalue weighted by atomic mass is 32.2. The molecule has 0 atom stereocenters. The number of esters is 1. The zero-order valence-corrected chi connectivity index (χ0v) is 19.2. The molecule has 1 aliphatic rings. The Morgan fingerprint density at radius 2 is 1.71 bits per heavy atom. The first-order chi connectivity index (χ1) is 16.5. The van der Waals surface area contributed by atoms with Gasteiger partial charge in [-0.05, 0) is 36.4 Å². The number of likely N-dealkylation sites (N-methyl/N-ethyl adjacent to an activating group) is 1. The van der Waals surface area contributed by atoms with E-state index in [0.29, 0.717) is 33.3 Å². The van der Waals surface area contributed by atoms with Gasteiger partial charge in [-0.1, -0.05) is 30.3 Å².